The molecule has 0 amide bonds. The van der Waals surface area contributed by atoms with Gasteiger partial charge in [-0.2, -0.15) is 0 Å². The van der Waals surface area contributed by atoms with Crippen LogP contribution < -0.4 is 5.32 Å². The molecule has 1 N–H and O–H groups in total. The zero-order valence-electron chi connectivity index (χ0n) is 12.5. The Morgan fingerprint density at radius 1 is 0.958 bits per heavy atom. The Bertz CT molecular complexity index is 868. The van der Waals surface area contributed by atoms with Crippen LogP contribution in [0, 0.1) is 17.5 Å². The summed E-state index contributed by atoms with van der Waals surface area (Å²) in [5.74, 6) is -3.80. The SMILES string of the molecule is Cl.Fc1cc(C2NCc3ccccc3-n3cccc32)cc(F)c1F. The van der Waals surface area contributed by atoms with Crippen LogP contribution >= 0.6 is 12.4 Å². The molecule has 0 saturated heterocycles. The van der Waals surface area contributed by atoms with Crippen molar-refractivity contribution in [3.8, 4) is 5.69 Å². The Morgan fingerprint density at radius 3 is 2.42 bits per heavy atom. The van der Waals surface area contributed by atoms with Gasteiger partial charge in [-0.15, -0.1) is 12.4 Å². The summed E-state index contributed by atoms with van der Waals surface area (Å²) in [7, 11) is 0. The van der Waals surface area contributed by atoms with Crippen LogP contribution in [0.3, 0.4) is 0 Å². The molecule has 6 heteroatoms. The molecule has 0 aliphatic carbocycles. The molecule has 2 heterocycles. The van der Waals surface area contributed by atoms with Gasteiger partial charge in [0.2, 0.25) is 0 Å². The van der Waals surface area contributed by atoms with Crippen LogP contribution in [0.15, 0.2) is 54.7 Å². The van der Waals surface area contributed by atoms with Gasteiger partial charge in [-0.3, -0.25) is 0 Å². The molecule has 0 saturated carbocycles. The van der Waals surface area contributed by atoms with E-state index in [2.05, 4.69) is 5.32 Å². The van der Waals surface area contributed by atoms with Gasteiger partial charge in [-0.05, 0) is 41.5 Å². The highest BCUT2D eigenvalue weighted by molar-refractivity contribution is 5.85. The number of para-hydroxylation sites is 1. The number of nitrogens with one attached hydrogen (secondary N) is 1. The lowest BCUT2D eigenvalue weighted by molar-refractivity contribution is 0.442. The standard InChI is InChI=1S/C18H13F3N2.ClH/c19-13-8-12(9-14(20)17(13)21)18-16-6-3-7-23(16)15-5-2-1-4-11(15)10-22-18;/h1-9,18,22H,10H2;1H. The van der Waals surface area contributed by atoms with Gasteiger partial charge >= 0.3 is 0 Å². The maximum atomic E-state index is 13.6. The van der Waals surface area contributed by atoms with E-state index in [1.54, 1.807) is 0 Å². The monoisotopic (exact) mass is 350 g/mol. The van der Waals surface area contributed by atoms with Gasteiger partial charge in [-0.1, -0.05) is 18.2 Å². The van der Waals surface area contributed by atoms with Gasteiger partial charge in [0.15, 0.2) is 17.5 Å². The highest BCUT2D eigenvalue weighted by Crippen LogP contribution is 2.31. The molecule has 1 unspecified atom stereocenters. The van der Waals surface area contributed by atoms with Crippen molar-refractivity contribution in [1.29, 1.82) is 0 Å². The van der Waals surface area contributed by atoms with E-state index in [9.17, 15) is 13.2 Å². The van der Waals surface area contributed by atoms with Gasteiger partial charge in [0.1, 0.15) is 0 Å². The Labute approximate surface area is 143 Å². The molecule has 3 aromatic rings. The lowest BCUT2D eigenvalue weighted by atomic mass is 10.0. The molecule has 0 bridgehead atoms. The van der Waals surface area contributed by atoms with E-state index in [0.717, 1.165) is 29.1 Å². The predicted octanol–water partition coefficient (Wildman–Crippen LogP) is 4.51. The smallest absolute Gasteiger partial charge is 0.194 e. The molecule has 1 aliphatic heterocycles. The van der Waals surface area contributed by atoms with Crippen molar-refractivity contribution in [3.05, 3.63) is 89.0 Å². The Balaban J connectivity index is 0.00000169. The Morgan fingerprint density at radius 2 is 1.67 bits per heavy atom. The molecular formula is C18H14ClF3N2. The first-order valence-electron chi connectivity index (χ1n) is 7.28. The fourth-order valence-electron chi connectivity index (χ4n) is 3.09. The third-order valence-corrected chi connectivity index (χ3v) is 4.16. The first kappa shape index (κ1) is 16.6. The molecule has 1 aliphatic rings. The summed E-state index contributed by atoms with van der Waals surface area (Å²) < 4.78 is 42.4. The molecule has 1 aromatic heterocycles. The summed E-state index contributed by atoms with van der Waals surface area (Å²) in [5, 5.41) is 3.29. The number of hydrogen-bond donors (Lipinski definition) is 1. The number of nitrogens with zero attached hydrogens (tertiary/aromatic N) is 1. The fourth-order valence-corrected chi connectivity index (χ4v) is 3.09. The topological polar surface area (TPSA) is 17.0 Å². The van der Waals surface area contributed by atoms with Crippen molar-refractivity contribution in [2.45, 2.75) is 12.6 Å². The average molecular weight is 351 g/mol. The van der Waals surface area contributed by atoms with Crippen molar-refractivity contribution in [1.82, 2.24) is 9.88 Å². The van der Waals surface area contributed by atoms with Crippen molar-refractivity contribution in [2.75, 3.05) is 0 Å². The summed E-state index contributed by atoms with van der Waals surface area (Å²) in [5.41, 5.74) is 3.30. The number of aromatic nitrogens is 1. The molecule has 2 aromatic carbocycles. The van der Waals surface area contributed by atoms with Crippen LogP contribution in [0.2, 0.25) is 0 Å². The maximum Gasteiger partial charge on any atom is 0.194 e. The first-order valence-corrected chi connectivity index (χ1v) is 7.28. The zero-order valence-corrected chi connectivity index (χ0v) is 13.3. The van der Waals surface area contributed by atoms with E-state index in [1.807, 2.05) is 47.2 Å². The second-order valence-corrected chi connectivity index (χ2v) is 5.54. The second-order valence-electron chi connectivity index (χ2n) is 5.54. The fraction of sp³-hybridized carbons (Fsp3) is 0.111. The first-order chi connectivity index (χ1) is 11.1. The molecule has 24 heavy (non-hydrogen) atoms. The normalized spacial score (nSPS) is 15.9. The summed E-state index contributed by atoms with van der Waals surface area (Å²) >= 11 is 0. The minimum atomic E-state index is -1.44. The van der Waals surface area contributed by atoms with E-state index in [-0.39, 0.29) is 12.4 Å². The Kier molecular flexibility index (Phi) is 4.39. The van der Waals surface area contributed by atoms with Gasteiger partial charge in [0, 0.05) is 24.1 Å². The largest absolute Gasteiger partial charge is 0.319 e. The van der Waals surface area contributed by atoms with Crippen LogP contribution in [0.5, 0.6) is 0 Å². The third kappa shape index (κ3) is 2.60. The average Bonchev–Trinajstić information content (AvgIpc) is 2.96. The number of halogens is 4. The molecule has 0 spiro atoms. The minimum absolute atomic E-state index is 0. The van der Waals surface area contributed by atoms with Gasteiger partial charge in [0.25, 0.3) is 0 Å². The van der Waals surface area contributed by atoms with Crippen molar-refractivity contribution >= 4 is 12.4 Å². The molecule has 1 atom stereocenters. The summed E-state index contributed by atoms with van der Waals surface area (Å²) in [6, 6.07) is 13.3. The van der Waals surface area contributed by atoms with E-state index in [1.165, 1.54) is 0 Å². The third-order valence-electron chi connectivity index (χ3n) is 4.16. The molecule has 4 rings (SSSR count). The van der Waals surface area contributed by atoms with Crippen LogP contribution in [-0.2, 0) is 6.54 Å². The van der Waals surface area contributed by atoms with E-state index in [0.29, 0.717) is 12.1 Å². The van der Waals surface area contributed by atoms with Gasteiger partial charge < -0.3 is 9.88 Å². The molecule has 124 valence electrons. The highest BCUT2D eigenvalue weighted by Gasteiger charge is 2.24. The van der Waals surface area contributed by atoms with E-state index < -0.39 is 23.5 Å². The van der Waals surface area contributed by atoms with Crippen LogP contribution in [0.4, 0.5) is 13.2 Å². The maximum absolute atomic E-state index is 13.6. The quantitative estimate of drug-likeness (QED) is 0.639. The lowest BCUT2D eigenvalue weighted by Crippen LogP contribution is -2.21. The lowest BCUT2D eigenvalue weighted by Gasteiger charge is -2.18. The van der Waals surface area contributed by atoms with Crippen LogP contribution in [0.25, 0.3) is 5.69 Å². The number of benzene rings is 2. The highest BCUT2D eigenvalue weighted by atomic mass is 35.5. The van der Waals surface area contributed by atoms with Gasteiger partial charge in [0.05, 0.1) is 6.04 Å². The Hall–Kier alpha value is -2.24. The van der Waals surface area contributed by atoms with Crippen molar-refractivity contribution < 1.29 is 13.2 Å². The molecule has 2 nitrogen and oxygen atoms in total. The van der Waals surface area contributed by atoms with Crippen LogP contribution in [0.1, 0.15) is 22.9 Å². The minimum Gasteiger partial charge on any atom is -0.319 e. The summed E-state index contributed by atoms with van der Waals surface area (Å²) in [6.07, 6.45) is 1.91. The van der Waals surface area contributed by atoms with Gasteiger partial charge in [-0.25, -0.2) is 13.2 Å². The molecular weight excluding hydrogens is 337 g/mol. The van der Waals surface area contributed by atoms with Crippen molar-refractivity contribution in [2.24, 2.45) is 0 Å². The van der Waals surface area contributed by atoms with Crippen molar-refractivity contribution in [3.63, 3.8) is 0 Å². The summed E-state index contributed by atoms with van der Waals surface area (Å²) in [4.78, 5) is 0. The zero-order chi connectivity index (χ0) is 16.0. The molecule has 0 radical (unpaired) electrons. The van der Waals surface area contributed by atoms with Crippen LogP contribution in [-0.4, -0.2) is 4.57 Å². The predicted molar refractivity (Wildman–Crippen MR) is 88.0 cm³/mol. The second kappa shape index (κ2) is 6.34. The number of hydrogen-bond acceptors (Lipinski definition) is 1. The van der Waals surface area contributed by atoms with E-state index >= 15 is 0 Å². The van der Waals surface area contributed by atoms with E-state index in [4.69, 9.17) is 0 Å². The molecule has 0 fully saturated rings. The summed E-state index contributed by atoms with van der Waals surface area (Å²) in [6.45, 7) is 0.545. The number of rotatable bonds is 1. The number of fused-ring (bicyclic) bond motifs is 3.